The molecule has 7 heteroatoms. The molecule has 0 aliphatic carbocycles. The molecule has 1 unspecified atom stereocenters. The maximum absolute atomic E-state index is 6.01. The molecule has 2 aromatic carbocycles. The standard InChI is InChI=1S/C19H21Cl2N3OS/c1-25-18-4-2-17(3-5-18)24-7-6-13(12-24)11-22-19(26)23-16-9-14(20)8-15(21)10-16/h2-5,8-10,13H,6-7,11-12H2,1H3,(H2,22,23,26). The summed E-state index contributed by atoms with van der Waals surface area (Å²) in [5.74, 6) is 1.42. The van der Waals surface area contributed by atoms with E-state index in [9.17, 15) is 0 Å². The minimum absolute atomic E-state index is 0.541. The Morgan fingerprint density at radius 3 is 2.54 bits per heavy atom. The van der Waals surface area contributed by atoms with Crippen LogP contribution in [-0.4, -0.2) is 31.9 Å². The summed E-state index contributed by atoms with van der Waals surface area (Å²) in [5, 5.41) is 8.15. The molecule has 2 aromatic rings. The summed E-state index contributed by atoms with van der Waals surface area (Å²) in [4.78, 5) is 2.39. The van der Waals surface area contributed by atoms with Gasteiger partial charge in [0.15, 0.2) is 5.11 Å². The molecule has 1 aliphatic rings. The lowest BCUT2D eigenvalue weighted by Crippen LogP contribution is -2.34. The Bertz CT molecular complexity index is 750. The Hall–Kier alpha value is -1.69. The fourth-order valence-electron chi connectivity index (χ4n) is 3.07. The average Bonchev–Trinajstić information content (AvgIpc) is 3.08. The number of halogens is 2. The Balaban J connectivity index is 1.47. The van der Waals surface area contributed by atoms with Gasteiger partial charge in [-0.05, 0) is 67.0 Å². The van der Waals surface area contributed by atoms with Crippen molar-refractivity contribution in [1.29, 1.82) is 0 Å². The molecule has 1 heterocycles. The van der Waals surface area contributed by atoms with Crippen LogP contribution in [0.3, 0.4) is 0 Å². The van der Waals surface area contributed by atoms with E-state index in [2.05, 4.69) is 27.7 Å². The van der Waals surface area contributed by atoms with Gasteiger partial charge in [-0.25, -0.2) is 0 Å². The van der Waals surface area contributed by atoms with E-state index in [1.807, 2.05) is 12.1 Å². The zero-order chi connectivity index (χ0) is 18.5. The molecule has 4 nitrogen and oxygen atoms in total. The third kappa shape index (κ3) is 5.16. The van der Waals surface area contributed by atoms with E-state index in [-0.39, 0.29) is 0 Å². The number of anilines is 2. The van der Waals surface area contributed by atoms with Gasteiger partial charge in [0.05, 0.1) is 7.11 Å². The number of hydrogen-bond donors (Lipinski definition) is 2. The molecule has 0 saturated carbocycles. The van der Waals surface area contributed by atoms with E-state index >= 15 is 0 Å². The molecule has 2 N–H and O–H groups in total. The van der Waals surface area contributed by atoms with Gasteiger partial charge < -0.3 is 20.3 Å². The number of ether oxygens (including phenoxy) is 1. The van der Waals surface area contributed by atoms with Crippen molar-refractivity contribution >= 4 is 51.9 Å². The smallest absolute Gasteiger partial charge is 0.170 e. The highest BCUT2D eigenvalue weighted by atomic mass is 35.5. The van der Waals surface area contributed by atoms with Crippen molar-refractivity contribution < 1.29 is 4.74 Å². The second kappa shape index (κ2) is 8.80. The number of nitrogens with one attached hydrogen (secondary N) is 2. The topological polar surface area (TPSA) is 36.5 Å². The molecule has 1 atom stereocenters. The molecule has 26 heavy (non-hydrogen) atoms. The molecule has 1 aliphatic heterocycles. The van der Waals surface area contributed by atoms with Crippen molar-refractivity contribution in [3.63, 3.8) is 0 Å². The van der Waals surface area contributed by atoms with Crippen molar-refractivity contribution in [3.05, 3.63) is 52.5 Å². The van der Waals surface area contributed by atoms with E-state index in [0.29, 0.717) is 21.1 Å². The molecule has 1 fully saturated rings. The maximum Gasteiger partial charge on any atom is 0.170 e. The molecule has 0 amide bonds. The molecule has 0 bridgehead atoms. The fraction of sp³-hybridized carbons (Fsp3) is 0.316. The molecular formula is C19H21Cl2N3OS. The van der Waals surface area contributed by atoms with Gasteiger partial charge in [-0.2, -0.15) is 0 Å². The molecular weight excluding hydrogens is 389 g/mol. The van der Waals surface area contributed by atoms with Crippen LogP contribution in [0.15, 0.2) is 42.5 Å². The van der Waals surface area contributed by atoms with Gasteiger partial charge in [0, 0.05) is 41.1 Å². The van der Waals surface area contributed by atoms with Crippen molar-refractivity contribution in [3.8, 4) is 5.75 Å². The summed E-state index contributed by atoms with van der Waals surface area (Å²) in [5.41, 5.74) is 2.01. The highest BCUT2D eigenvalue weighted by molar-refractivity contribution is 7.80. The quantitative estimate of drug-likeness (QED) is 0.692. The predicted molar refractivity (Wildman–Crippen MR) is 114 cm³/mol. The van der Waals surface area contributed by atoms with Crippen LogP contribution in [0.4, 0.5) is 11.4 Å². The van der Waals surface area contributed by atoms with Gasteiger partial charge in [0.2, 0.25) is 0 Å². The third-order valence-electron chi connectivity index (χ3n) is 4.40. The monoisotopic (exact) mass is 409 g/mol. The summed E-state index contributed by atoms with van der Waals surface area (Å²) in [6.07, 6.45) is 1.13. The van der Waals surface area contributed by atoms with Gasteiger partial charge in [-0.15, -0.1) is 0 Å². The largest absolute Gasteiger partial charge is 0.497 e. The summed E-state index contributed by atoms with van der Waals surface area (Å²) < 4.78 is 5.22. The lowest BCUT2D eigenvalue weighted by Gasteiger charge is -2.19. The third-order valence-corrected chi connectivity index (χ3v) is 5.08. The van der Waals surface area contributed by atoms with Crippen LogP contribution in [0.5, 0.6) is 5.75 Å². The summed E-state index contributed by atoms with van der Waals surface area (Å²) in [6, 6.07) is 13.5. The van der Waals surface area contributed by atoms with Gasteiger partial charge in [0.1, 0.15) is 5.75 Å². The summed E-state index contributed by atoms with van der Waals surface area (Å²) in [6.45, 7) is 2.88. The Morgan fingerprint density at radius 2 is 1.88 bits per heavy atom. The molecule has 138 valence electrons. The predicted octanol–water partition coefficient (Wildman–Crippen LogP) is 4.81. The second-order valence-corrected chi connectivity index (χ2v) is 7.57. The number of thiocarbonyl (C=S) groups is 1. The van der Waals surface area contributed by atoms with Gasteiger partial charge >= 0.3 is 0 Å². The van der Waals surface area contributed by atoms with E-state index < -0.39 is 0 Å². The number of methoxy groups -OCH3 is 1. The SMILES string of the molecule is COc1ccc(N2CCC(CNC(=S)Nc3cc(Cl)cc(Cl)c3)C2)cc1. The van der Waals surface area contributed by atoms with Crippen LogP contribution in [-0.2, 0) is 0 Å². The minimum atomic E-state index is 0.541. The normalized spacial score (nSPS) is 16.4. The number of nitrogens with zero attached hydrogens (tertiary/aromatic N) is 1. The van der Waals surface area contributed by atoms with Crippen molar-refractivity contribution in [2.45, 2.75) is 6.42 Å². The summed E-state index contributed by atoms with van der Waals surface area (Å²) >= 11 is 17.4. The second-order valence-electron chi connectivity index (χ2n) is 6.29. The number of benzene rings is 2. The van der Waals surface area contributed by atoms with E-state index in [1.54, 1.807) is 25.3 Å². The van der Waals surface area contributed by atoms with Gasteiger partial charge in [-0.1, -0.05) is 23.2 Å². The van der Waals surface area contributed by atoms with Crippen molar-refractivity contribution in [1.82, 2.24) is 5.32 Å². The van der Waals surface area contributed by atoms with E-state index in [0.717, 1.165) is 37.5 Å². The van der Waals surface area contributed by atoms with Gasteiger partial charge in [-0.3, -0.25) is 0 Å². The van der Waals surface area contributed by atoms with Crippen LogP contribution in [0.25, 0.3) is 0 Å². The van der Waals surface area contributed by atoms with Crippen LogP contribution in [0.2, 0.25) is 10.0 Å². The Labute approximate surface area is 169 Å². The first-order valence-electron chi connectivity index (χ1n) is 8.43. The van der Waals surface area contributed by atoms with Crippen LogP contribution in [0, 0.1) is 5.92 Å². The van der Waals surface area contributed by atoms with Gasteiger partial charge in [0.25, 0.3) is 0 Å². The first-order chi connectivity index (χ1) is 12.5. The molecule has 0 radical (unpaired) electrons. The van der Waals surface area contributed by atoms with E-state index in [4.69, 9.17) is 40.2 Å². The average molecular weight is 410 g/mol. The van der Waals surface area contributed by atoms with Crippen molar-refractivity contribution in [2.75, 3.05) is 37.0 Å². The van der Waals surface area contributed by atoms with Crippen LogP contribution in [0.1, 0.15) is 6.42 Å². The van der Waals surface area contributed by atoms with E-state index in [1.165, 1.54) is 5.69 Å². The zero-order valence-corrected chi connectivity index (χ0v) is 16.8. The summed E-state index contributed by atoms with van der Waals surface area (Å²) in [7, 11) is 1.68. The highest BCUT2D eigenvalue weighted by Gasteiger charge is 2.22. The van der Waals surface area contributed by atoms with Crippen LogP contribution < -0.4 is 20.3 Å². The zero-order valence-electron chi connectivity index (χ0n) is 14.5. The Morgan fingerprint density at radius 1 is 1.19 bits per heavy atom. The fourth-order valence-corrected chi connectivity index (χ4v) is 3.79. The number of rotatable bonds is 5. The lowest BCUT2D eigenvalue weighted by molar-refractivity contribution is 0.415. The number of hydrogen-bond acceptors (Lipinski definition) is 3. The first kappa shape index (κ1) is 19.1. The van der Waals surface area contributed by atoms with Crippen molar-refractivity contribution in [2.24, 2.45) is 5.92 Å². The molecule has 3 rings (SSSR count). The maximum atomic E-state index is 6.01. The molecule has 1 saturated heterocycles. The first-order valence-corrected chi connectivity index (χ1v) is 9.60. The highest BCUT2D eigenvalue weighted by Crippen LogP contribution is 2.26. The minimum Gasteiger partial charge on any atom is -0.497 e. The van der Waals surface area contributed by atoms with Crippen LogP contribution >= 0.6 is 35.4 Å². The Kier molecular flexibility index (Phi) is 6.46. The molecule has 0 spiro atoms. The lowest BCUT2D eigenvalue weighted by atomic mass is 10.1. The molecule has 0 aromatic heterocycles.